The number of hydrazine groups is 1. The Labute approximate surface area is 260 Å². The van der Waals surface area contributed by atoms with Crippen molar-refractivity contribution in [2.45, 2.75) is 38.1 Å². The van der Waals surface area contributed by atoms with Gasteiger partial charge in [0.1, 0.15) is 0 Å². The summed E-state index contributed by atoms with van der Waals surface area (Å²) in [6, 6.07) is 12.4. The number of halogens is 3. The molecule has 1 atom stereocenters. The standard InChI is InChI=1S/C27H29F3N6O9S/c1-4-42-26(38)44-18(3)45-33-36(39)34-14-19(15-34)16-43-25(37)32-46(40,41)22-11-9-21(10-12-22)35-23(13-24(31-35)27(28,29)30)20-7-5-17(2)6-8-20/h5-13,18-19H,4,14-16H2,1-3H3,(H,32,37). The number of hydrogen-bond donors (Lipinski definition) is 1. The highest BCUT2D eigenvalue weighted by atomic mass is 32.2. The van der Waals surface area contributed by atoms with Gasteiger partial charge in [-0.2, -0.15) is 18.3 Å². The van der Waals surface area contributed by atoms with Crippen molar-refractivity contribution in [2.24, 2.45) is 11.2 Å². The zero-order chi connectivity index (χ0) is 33.6. The summed E-state index contributed by atoms with van der Waals surface area (Å²) in [6.07, 6.45) is -8.18. The Morgan fingerprint density at radius 2 is 1.78 bits per heavy atom. The largest absolute Gasteiger partial charge is 0.569 e. The van der Waals surface area contributed by atoms with E-state index in [2.05, 4.69) is 19.8 Å². The molecule has 1 N–H and O–H groups in total. The SMILES string of the molecule is CCOC(=O)OC(C)ON=[N+]([O-])N1CC(COC(=O)NS(=O)(=O)c2ccc(-n3nc(C(F)(F)F)cc3-c3ccc(C)cc3)cc2)C1. The molecular weight excluding hydrogens is 641 g/mol. The third-order valence-corrected chi connectivity index (χ3v) is 7.70. The highest BCUT2D eigenvalue weighted by Gasteiger charge is 2.36. The zero-order valence-corrected chi connectivity index (χ0v) is 25.4. The summed E-state index contributed by atoms with van der Waals surface area (Å²) in [5.41, 5.74) is 0.526. The second-order valence-corrected chi connectivity index (χ2v) is 11.6. The summed E-state index contributed by atoms with van der Waals surface area (Å²) in [5.74, 6) is -0.328. The lowest BCUT2D eigenvalue weighted by atomic mass is 10.0. The van der Waals surface area contributed by atoms with Crippen molar-refractivity contribution in [2.75, 3.05) is 26.3 Å². The molecule has 0 radical (unpaired) electrons. The molecule has 15 nitrogen and oxygen atoms in total. The maximum atomic E-state index is 13.5. The molecule has 1 fully saturated rings. The average molecular weight is 671 g/mol. The number of ether oxygens (including phenoxy) is 3. The predicted octanol–water partition coefficient (Wildman–Crippen LogP) is 4.54. The third kappa shape index (κ3) is 8.55. The van der Waals surface area contributed by atoms with E-state index < -0.39 is 40.4 Å². The fraction of sp³-hybridized carbons (Fsp3) is 0.370. The fourth-order valence-electron chi connectivity index (χ4n) is 4.06. The molecular formula is C27H29F3N6O9S. The smallest absolute Gasteiger partial charge is 0.511 e. The van der Waals surface area contributed by atoms with E-state index in [0.29, 0.717) is 5.56 Å². The fourth-order valence-corrected chi connectivity index (χ4v) is 4.95. The Bertz CT molecular complexity index is 1670. The first-order valence-electron chi connectivity index (χ1n) is 13.6. The topological polar surface area (TPSA) is 177 Å². The van der Waals surface area contributed by atoms with Crippen molar-refractivity contribution in [3.63, 3.8) is 0 Å². The second-order valence-electron chi connectivity index (χ2n) is 9.93. The molecule has 0 spiro atoms. The monoisotopic (exact) mass is 670 g/mol. The number of carbonyl (C=O) groups excluding carboxylic acids is 2. The van der Waals surface area contributed by atoms with E-state index in [1.54, 1.807) is 35.9 Å². The maximum Gasteiger partial charge on any atom is 0.511 e. The van der Waals surface area contributed by atoms with Crippen LogP contribution in [0.15, 0.2) is 64.8 Å². The van der Waals surface area contributed by atoms with Crippen LogP contribution in [0.2, 0.25) is 0 Å². The van der Waals surface area contributed by atoms with E-state index in [0.717, 1.165) is 28.4 Å². The number of alkyl halides is 3. The van der Waals surface area contributed by atoms with Gasteiger partial charge in [0.25, 0.3) is 16.3 Å². The van der Waals surface area contributed by atoms with Crippen LogP contribution >= 0.6 is 0 Å². The Hall–Kier alpha value is -5.07. The van der Waals surface area contributed by atoms with Crippen LogP contribution in [0.5, 0.6) is 0 Å². The number of rotatable bonds is 11. The van der Waals surface area contributed by atoms with Crippen LogP contribution < -0.4 is 4.72 Å². The lowest BCUT2D eigenvalue weighted by Gasteiger charge is -2.33. The molecule has 0 bridgehead atoms. The number of aromatic nitrogens is 2. The van der Waals surface area contributed by atoms with Gasteiger partial charge in [-0.3, -0.25) is 4.84 Å². The summed E-state index contributed by atoms with van der Waals surface area (Å²) >= 11 is 0. The molecule has 1 saturated heterocycles. The van der Waals surface area contributed by atoms with Gasteiger partial charge in [0.15, 0.2) is 5.69 Å². The number of sulfonamides is 1. The molecule has 19 heteroatoms. The van der Waals surface area contributed by atoms with Crippen LogP contribution in [0.25, 0.3) is 16.9 Å². The summed E-state index contributed by atoms with van der Waals surface area (Å²) in [7, 11) is -4.41. The Morgan fingerprint density at radius 1 is 1.13 bits per heavy atom. The first kappa shape index (κ1) is 33.8. The third-order valence-electron chi connectivity index (χ3n) is 6.38. The Balaban J connectivity index is 1.31. The van der Waals surface area contributed by atoms with Crippen molar-refractivity contribution in [3.8, 4) is 16.9 Å². The molecule has 0 saturated carbocycles. The van der Waals surface area contributed by atoms with Gasteiger partial charge >= 0.3 is 18.4 Å². The van der Waals surface area contributed by atoms with Crippen LogP contribution in [-0.4, -0.2) is 73.0 Å². The van der Waals surface area contributed by atoms with E-state index in [4.69, 9.17) is 9.57 Å². The predicted molar refractivity (Wildman–Crippen MR) is 150 cm³/mol. The summed E-state index contributed by atoms with van der Waals surface area (Å²) in [5, 5.41) is 20.1. The molecule has 1 aliphatic heterocycles. The number of amides is 1. The van der Waals surface area contributed by atoms with Crippen LogP contribution in [0.3, 0.4) is 0 Å². The quantitative estimate of drug-likeness (QED) is 0.0996. The maximum absolute atomic E-state index is 13.5. The van der Waals surface area contributed by atoms with Gasteiger partial charge in [-0.25, -0.2) is 27.4 Å². The average Bonchev–Trinajstić information content (AvgIpc) is 3.42. The molecule has 2 aromatic carbocycles. The minimum atomic E-state index is -4.71. The van der Waals surface area contributed by atoms with Crippen molar-refractivity contribution in [1.29, 1.82) is 0 Å². The van der Waals surface area contributed by atoms with Crippen LogP contribution in [0.4, 0.5) is 22.8 Å². The highest BCUT2D eigenvalue weighted by molar-refractivity contribution is 7.90. The summed E-state index contributed by atoms with van der Waals surface area (Å²) in [4.78, 5) is 27.9. The van der Waals surface area contributed by atoms with E-state index in [9.17, 15) is 36.4 Å². The van der Waals surface area contributed by atoms with Gasteiger partial charge in [-0.05, 0) is 44.2 Å². The molecule has 3 aromatic rings. The number of nitrogens with one attached hydrogen (secondary N) is 1. The first-order chi connectivity index (χ1) is 21.7. The number of aryl methyl sites for hydroxylation is 1. The van der Waals surface area contributed by atoms with Gasteiger partial charge < -0.3 is 19.4 Å². The second kappa shape index (κ2) is 13.9. The van der Waals surface area contributed by atoms with Crippen LogP contribution in [0, 0.1) is 18.0 Å². The van der Waals surface area contributed by atoms with Gasteiger partial charge in [-0.1, -0.05) is 29.8 Å². The Kier molecular flexibility index (Phi) is 10.2. The molecule has 1 aliphatic rings. The number of benzene rings is 2. The van der Waals surface area contributed by atoms with Gasteiger partial charge in [0.2, 0.25) is 5.28 Å². The molecule has 46 heavy (non-hydrogen) atoms. The Morgan fingerprint density at radius 3 is 2.39 bits per heavy atom. The van der Waals surface area contributed by atoms with Crippen LogP contribution in [-0.2, 0) is 35.2 Å². The molecule has 1 aromatic heterocycles. The van der Waals surface area contributed by atoms with Crippen molar-refractivity contribution < 1.29 is 55.2 Å². The first-order valence-corrected chi connectivity index (χ1v) is 15.1. The zero-order valence-electron chi connectivity index (χ0n) is 24.6. The minimum Gasteiger partial charge on any atom is -0.569 e. The molecule has 1 unspecified atom stereocenters. The minimum absolute atomic E-state index is 0.0884. The molecule has 1 amide bonds. The highest BCUT2D eigenvalue weighted by Crippen LogP contribution is 2.33. The summed E-state index contributed by atoms with van der Waals surface area (Å²) < 4.78 is 82.9. The van der Waals surface area contributed by atoms with E-state index in [-0.39, 0.29) is 53.5 Å². The van der Waals surface area contributed by atoms with Crippen molar-refractivity contribution in [1.82, 2.24) is 19.5 Å². The van der Waals surface area contributed by atoms with Gasteiger partial charge in [0.05, 0.1) is 47.5 Å². The molecule has 0 aliphatic carbocycles. The van der Waals surface area contributed by atoms with Gasteiger partial charge in [-0.15, -0.1) is 5.01 Å². The molecule has 4 rings (SSSR count). The van der Waals surface area contributed by atoms with Crippen LogP contribution in [0.1, 0.15) is 25.1 Å². The van der Waals surface area contributed by atoms with E-state index in [1.165, 1.54) is 24.1 Å². The molecule has 248 valence electrons. The van der Waals surface area contributed by atoms with E-state index in [1.807, 2.05) is 6.92 Å². The van der Waals surface area contributed by atoms with Gasteiger partial charge in [0, 0.05) is 18.4 Å². The summed E-state index contributed by atoms with van der Waals surface area (Å²) in [6.45, 7) is 4.78. The van der Waals surface area contributed by atoms with Crippen molar-refractivity contribution >= 4 is 22.3 Å². The molecule has 2 heterocycles. The van der Waals surface area contributed by atoms with Crippen molar-refractivity contribution in [3.05, 3.63) is 71.1 Å². The number of hydrogen-bond acceptors (Lipinski definition) is 11. The van der Waals surface area contributed by atoms with E-state index >= 15 is 0 Å². The lowest BCUT2D eigenvalue weighted by molar-refractivity contribution is -0.728. The lowest BCUT2D eigenvalue weighted by Crippen LogP contribution is -2.52. The number of carbonyl (C=O) groups is 2. The number of nitrogens with zero attached hydrogens (tertiary/aromatic N) is 5. The normalized spacial score (nSPS) is 14.7.